The third-order valence-electron chi connectivity index (χ3n) is 7.88. The van der Waals surface area contributed by atoms with E-state index in [1.54, 1.807) is 0 Å². The Morgan fingerprint density at radius 3 is 2.69 bits per heavy atom. The standard InChI is InChI=1S/C29H39N7O2S/c1-4-5-16-38-25-7-6-24(36-13-10-30-28(25)36)27-31-23-19-22(20-34-11-8-21(9-12-34)33(2)3)39-26(23)29(32-27)35-14-17-37-18-15-35/h6-7,10,13,19,21H,4-5,8-9,11-12,14-18,20H2,1-3H3. The van der Waals surface area contributed by atoms with E-state index in [-0.39, 0.29) is 0 Å². The zero-order valence-corrected chi connectivity index (χ0v) is 24.1. The smallest absolute Gasteiger partial charge is 0.180 e. The Balaban J connectivity index is 1.34. The minimum atomic E-state index is 0.687. The fourth-order valence-electron chi connectivity index (χ4n) is 5.57. The highest BCUT2D eigenvalue weighted by atomic mass is 32.1. The SMILES string of the molecule is CCCCOc1ccc(-c2nc(N3CCOCC3)c3sc(CN4CCC(N(C)C)CC4)cc3n2)n2ccnc12. The van der Waals surface area contributed by atoms with E-state index in [1.165, 1.54) is 22.4 Å². The van der Waals surface area contributed by atoms with Gasteiger partial charge < -0.3 is 19.3 Å². The number of pyridine rings is 1. The first-order valence-electron chi connectivity index (χ1n) is 14.2. The number of aromatic nitrogens is 4. The number of morpholine rings is 1. The number of anilines is 1. The van der Waals surface area contributed by atoms with E-state index >= 15 is 0 Å². The molecule has 6 heterocycles. The Bertz CT molecular complexity index is 1400. The summed E-state index contributed by atoms with van der Waals surface area (Å²) in [6.45, 7) is 9.19. The van der Waals surface area contributed by atoms with Crippen LogP contribution in [-0.4, -0.2) is 95.3 Å². The van der Waals surface area contributed by atoms with Crippen molar-refractivity contribution in [3.05, 3.63) is 35.5 Å². The maximum absolute atomic E-state index is 6.04. The number of fused-ring (bicyclic) bond motifs is 2. The predicted octanol–water partition coefficient (Wildman–Crippen LogP) is 4.55. The molecule has 4 aromatic rings. The number of imidazole rings is 1. The molecule has 0 radical (unpaired) electrons. The van der Waals surface area contributed by atoms with Gasteiger partial charge in [0.05, 0.1) is 35.7 Å². The van der Waals surface area contributed by atoms with Gasteiger partial charge in [-0.2, -0.15) is 0 Å². The van der Waals surface area contributed by atoms with Gasteiger partial charge in [0.15, 0.2) is 23.0 Å². The molecule has 0 N–H and O–H groups in total. The number of unbranched alkanes of at least 4 members (excludes halogenated alkanes) is 1. The molecule has 2 fully saturated rings. The van der Waals surface area contributed by atoms with Crippen LogP contribution in [-0.2, 0) is 11.3 Å². The lowest BCUT2D eigenvalue weighted by Gasteiger charge is -2.34. The molecule has 0 bridgehead atoms. The molecule has 0 saturated carbocycles. The zero-order chi connectivity index (χ0) is 26.8. The third-order valence-corrected chi connectivity index (χ3v) is 8.98. The van der Waals surface area contributed by atoms with Crippen LogP contribution in [0.5, 0.6) is 5.75 Å². The van der Waals surface area contributed by atoms with Gasteiger partial charge in [-0.1, -0.05) is 13.3 Å². The van der Waals surface area contributed by atoms with Crippen molar-refractivity contribution in [2.24, 2.45) is 0 Å². The molecular formula is C29H39N7O2S. The molecule has 0 aliphatic carbocycles. The highest BCUT2D eigenvalue weighted by Crippen LogP contribution is 2.36. The second-order valence-corrected chi connectivity index (χ2v) is 11.9. The third kappa shape index (κ3) is 5.61. The van der Waals surface area contributed by atoms with Crippen LogP contribution in [0.3, 0.4) is 0 Å². The van der Waals surface area contributed by atoms with Crippen molar-refractivity contribution in [1.82, 2.24) is 29.2 Å². The van der Waals surface area contributed by atoms with Gasteiger partial charge >= 0.3 is 0 Å². The first-order chi connectivity index (χ1) is 19.1. The first kappa shape index (κ1) is 26.4. The van der Waals surface area contributed by atoms with E-state index in [9.17, 15) is 0 Å². The quantitative estimate of drug-likeness (QED) is 0.282. The number of ether oxygens (including phenoxy) is 2. The lowest BCUT2D eigenvalue weighted by molar-refractivity contribution is 0.122. The summed E-state index contributed by atoms with van der Waals surface area (Å²) in [4.78, 5) is 23.5. The lowest BCUT2D eigenvalue weighted by atomic mass is 10.0. The number of nitrogens with zero attached hydrogens (tertiary/aromatic N) is 7. The number of piperidine rings is 1. The summed E-state index contributed by atoms with van der Waals surface area (Å²) in [7, 11) is 4.39. The second-order valence-electron chi connectivity index (χ2n) is 10.8. The summed E-state index contributed by atoms with van der Waals surface area (Å²) in [5, 5.41) is 0. The Morgan fingerprint density at radius 1 is 1.10 bits per heavy atom. The van der Waals surface area contributed by atoms with Crippen molar-refractivity contribution in [2.45, 2.75) is 45.2 Å². The minimum Gasteiger partial charge on any atom is -0.490 e. The van der Waals surface area contributed by atoms with Gasteiger partial charge in [-0.25, -0.2) is 15.0 Å². The second kappa shape index (κ2) is 11.8. The van der Waals surface area contributed by atoms with Gasteiger partial charge in [0.25, 0.3) is 0 Å². The van der Waals surface area contributed by atoms with Crippen molar-refractivity contribution in [1.29, 1.82) is 0 Å². The average Bonchev–Trinajstić information content (AvgIpc) is 3.61. The molecule has 0 aromatic carbocycles. The zero-order valence-electron chi connectivity index (χ0n) is 23.3. The van der Waals surface area contributed by atoms with Gasteiger partial charge in [0, 0.05) is 56.0 Å². The van der Waals surface area contributed by atoms with Gasteiger partial charge in [-0.05, 0) is 51.6 Å². The van der Waals surface area contributed by atoms with Crippen LogP contribution in [0.1, 0.15) is 37.5 Å². The van der Waals surface area contributed by atoms with Crippen molar-refractivity contribution in [2.75, 3.05) is 65.0 Å². The van der Waals surface area contributed by atoms with Crippen LogP contribution in [0.25, 0.3) is 27.4 Å². The highest BCUT2D eigenvalue weighted by molar-refractivity contribution is 7.19. The number of hydrogen-bond donors (Lipinski definition) is 0. The summed E-state index contributed by atoms with van der Waals surface area (Å²) >= 11 is 1.84. The topological polar surface area (TPSA) is 71.3 Å². The average molecular weight is 550 g/mol. The Labute approximate surface area is 234 Å². The van der Waals surface area contributed by atoms with Crippen molar-refractivity contribution in [3.8, 4) is 17.3 Å². The van der Waals surface area contributed by atoms with E-state index in [2.05, 4.69) is 52.8 Å². The Morgan fingerprint density at radius 2 is 1.92 bits per heavy atom. The van der Waals surface area contributed by atoms with Crippen LogP contribution in [0.2, 0.25) is 0 Å². The van der Waals surface area contributed by atoms with Crippen molar-refractivity contribution < 1.29 is 9.47 Å². The molecule has 0 amide bonds. The molecule has 0 spiro atoms. The van der Waals surface area contributed by atoms with Crippen molar-refractivity contribution in [3.63, 3.8) is 0 Å². The number of likely N-dealkylation sites (tertiary alicyclic amines) is 1. The fourth-order valence-corrected chi connectivity index (χ4v) is 6.73. The lowest BCUT2D eigenvalue weighted by Crippen LogP contribution is -2.41. The fraction of sp³-hybridized carbons (Fsp3) is 0.552. The monoisotopic (exact) mass is 549 g/mol. The van der Waals surface area contributed by atoms with E-state index in [1.807, 2.05) is 34.2 Å². The molecule has 39 heavy (non-hydrogen) atoms. The van der Waals surface area contributed by atoms with Gasteiger partial charge in [-0.15, -0.1) is 11.3 Å². The molecule has 208 valence electrons. The van der Waals surface area contributed by atoms with Crippen LogP contribution >= 0.6 is 11.3 Å². The van der Waals surface area contributed by atoms with E-state index in [4.69, 9.17) is 19.4 Å². The van der Waals surface area contributed by atoms with Gasteiger partial charge in [0.2, 0.25) is 0 Å². The molecule has 2 aliphatic rings. The molecule has 6 rings (SSSR count). The number of rotatable bonds is 9. The predicted molar refractivity (Wildman–Crippen MR) is 157 cm³/mol. The molecule has 4 aromatic heterocycles. The minimum absolute atomic E-state index is 0.687. The van der Waals surface area contributed by atoms with E-state index in [0.29, 0.717) is 18.5 Å². The molecule has 0 unspecified atom stereocenters. The maximum Gasteiger partial charge on any atom is 0.180 e. The molecular weight excluding hydrogens is 510 g/mol. The summed E-state index contributed by atoms with van der Waals surface area (Å²) < 4.78 is 14.9. The summed E-state index contributed by atoms with van der Waals surface area (Å²) in [6, 6.07) is 7.03. The largest absolute Gasteiger partial charge is 0.490 e. The number of thiophene rings is 1. The molecule has 10 heteroatoms. The van der Waals surface area contributed by atoms with Gasteiger partial charge in [0.1, 0.15) is 0 Å². The Kier molecular flexibility index (Phi) is 7.97. The summed E-state index contributed by atoms with van der Waals surface area (Å²) in [5.41, 5.74) is 2.73. The first-order valence-corrected chi connectivity index (χ1v) is 15.0. The molecule has 0 atom stereocenters. The van der Waals surface area contributed by atoms with Crippen LogP contribution in [0, 0.1) is 0 Å². The van der Waals surface area contributed by atoms with Crippen molar-refractivity contribution >= 4 is 33.0 Å². The molecule has 2 aliphatic heterocycles. The highest BCUT2D eigenvalue weighted by Gasteiger charge is 2.24. The van der Waals surface area contributed by atoms with Gasteiger partial charge in [-0.3, -0.25) is 9.30 Å². The number of hydrogen-bond acceptors (Lipinski definition) is 9. The summed E-state index contributed by atoms with van der Waals surface area (Å²) in [5.74, 6) is 2.52. The summed E-state index contributed by atoms with van der Waals surface area (Å²) in [6.07, 6.45) is 8.34. The normalized spacial score (nSPS) is 17.6. The van der Waals surface area contributed by atoms with Crippen LogP contribution in [0.4, 0.5) is 5.82 Å². The molecule has 2 saturated heterocycles. The van der Waals surface area contributed by atoms with Crippen LogP contribution < -0.4 is 9.64 Å². The van der Waals surface area contributed by atoms with Crippen LogP contribution in [0.15, 0.2) is 30.6 Å². The molecule has 9 nitrogen and oxygen atoms in total. The maximum atomic E-state index is 6.04. The Hall–Kier alpha value is -2.79. The van der Waals surface area contributed by atoms with E-state index < -0.39 is 0 Å². The van der Waals surface area contributed by atoms with E-state index in [0.717, 1.165) is 87.2 Å².